The van der Waals surface area contributed by atoms with Gasteiger partial charge in [-0.3, -0.25) is 0 Å². The van der Waals surface area contributed by atoms with Crippen LogP contribution in [0.15, 0.2) is 60.7 Å². The average Bonchev–Trinajstić information content (AvgIpc) is 2.72. The van der Waals surface area contributed by atoms with Crippen molar-refractivity contribution in [3.05, 3.63) is 71.8 Å². The molecule has 0 saturated heterocycles. The van der Waals surface area contributed by atoms with Gasteiger partial charge in [-0.1, -0.05) is 60.7 Å². The van der Waals surface area contributed by atoms with Crippen molar-refractivity contribution in [1.82, 2.24) is 10.2 Å². The van der Waals surface area contributed by atoms with E-state index in [2.05, 4.69) is 5.32 Å². The van der Waals surface area contributed by atoms with Crippen molar-refractivity contribution in [1.29, 1.82) is 0 Å². The van der Waals surface area contributed by atoms with Gasteiger partial charge in [0.1, 0.15) is 12.2 Å². The fourth-order valence-electron chi connectivity index (χ4n) is 2.88. The topological polar surface area (TPSA) is 88.1 Å². The van der Waals surface area contributed by atoms with Gasteiger partial charge in [0.25, 0.3) is 0 Å². The first kappa shape index (κ1) is 24.2. The Bertz CT molecular complexity index is 821. The van der Waals surface area contributed by atoms with E-state index >= 15 is 0 Å². The summed E-state index contributed by atoms with van der Waals surface area (Å²) in [6.07, 6.45) is -2.02. The van der Waals surface area contributed by atoms with E-state index in [1.165, 1.54) is 4.90 Å². The Hall–Kier alpha value is -3.06. The smallest absolute Gasteiger partial charge is 0.410 e. The third-order valence-corrected chi connectivity index (χ3v) is 4.30. The monoisotopic (exact) mass is 428 g/mol. The van der Waals surface area contributed by atoms with Gasteiger partial charge in [0, 0.05) is 12.6 Å². The summed E-state index contributed by atoms with van der Waals surface area (Å²) in [5.74, 6) is 0. The number of alkyl carbamates (subject to hydrolysis) is 1. The molecule has 2 rings (SSSR count). The molecule has 2 amide bonds. The van der Waals surface area contributed by atoms with Crippen LogP contribution in [0.4, 0.5) is 9.59 Å². The number of hydrogen-bond donors (Lipinski definition) is 2. The molecule has 2 atom stereocenters. The first-order chi connectivity index (χ1) is 14.6. The highest BCUT2D eigenvalue weighted by molar-refractivity contribution is 5.69. The van der Waals surface area contributed by atoms with Gasteiger partial charge in [0.05, 0.1) is 12.6 Å². The van der Waals surface area contributed by atoms with Gasteiger partial charge in [-0.05, 0) is 38.8 Å². The molecule has 0 aliphatic carbocycles. The van der Waals surface area contributed by atoms with Crippen molar-refractivity contribution in [2.24, 2.45) is 0 Å². The van der Waals surface area contributed by atoms with E-state index in [9.17, 15) is 14.7 Å². The van der Waals surface area contributed by atoms with Crippen LogP contribution in [0.1, 0.15) is 44.9 Å². The lowest BCUT2D eigenvalue weighted by molar-refractivity contribution is 0.0125. The summed E-state index contributed by atoms with van der Waals surface area (Å²) >= 11 is 0. The second-order valence-electron chi connectivity index (χ2n) is 8.42. The van der Waals surface area contributed by atoms with Crippen LogP contribution in [0.5, 0.6) is 0 Å². The molecule has 0 radical (unpaired) electrons. The van der Waals surface area contributed by atoms with Crippen LogP contribution in [-0.4, -0.2) is 46.9 Å². The zero-order valence-corrected chi connectivity index (χ0v) is 18.6. The molecule has 168 valence electrons. The van der Waals surface area contributed by atoms with E-state index in [0.717, 1.165) is 5.56 Å². The molecule has 0 fully saturated rings. The summed E-state index contributed by atoms with van der Waals surface area (Å²) < 4.78 is 10.7. The van der Waals surface area contributed by atoms with Crippen LogP contribution in [0, 0.1) is 0 Å². The molecule has 0 aliphatic rings. The predicted molar refractivity (Wildman–Crippen MR) is 118 cm³/mol. The minimum atomic E-state index is -0.883. The molecule has 7 nitrogen and oxygen atoms in total. The van der Waals surface area contributed by atoms with Crippen molar-refractivity contribution in [3.8, 4) is 0 Å². The van der Waals surface area contributed by atoms with E-state index in [1.807, 2.05) is 48.5 Å². The van der Waals surface area contributed by atoms with Gasteiger partial charge in [-0.2, -0.15) is 0 Å². The van der Waals surface area contributed by atoms with Crippen LogP contribution >= 0.6 is 0 Å². The van der Waals surface area contributed by atoms with Gasteiger partial charge in [0.15, 0.2) is 0 Å². The molecule has 2 N–H and O–H groups in total. The zero-order valence-electron chi connectivity index (χ0n) is 18.6. The van der Waals surface area contributed by atoms with E-state index in [-0.39, 0.29) is 19.7 Å². The summed E-state index contributed by atoms with van der Waals surface area (Å²) in [6, 6.07) is 18.0. The van der Waals surface area contributed by atoms with E-state index in [0.29, 0.717) is 5.56 Å². The SMILES string of the molecule is C[C@H](CN(C[C@@H](O)c1ccccc1)C(=O)OC(C)(C)C)NC(=O)OCc1ccccc1. The largest absolute Gasteiger partial charge is 0.445 e. The Morgan fingerprint density at radius 1 is 1.00 bits per heavy atom. The van der Waals surface area contributed by atoms with Gasteiger partial charge < -0.3 is 24.8 Å². The number of carbonyl (C=O) groups is 2. The first-order valence-electron chi connectivity index (χ1n) is 10.3. The lowest BCUT2D eigenvalue weighted by Crippen LogP contribution is -2.47. The Balaban J connectivity index is 1.96. The minimum absolute atomic E-state index is 0.0318. The molecule has 2 aromatic rings. The molecular formula is C24H32N2O5. The number of benzene rings is 2. The van der Waals surface area contributed by atoms with Crippen LogP contribution in [-0.2, 0) is 16.1 Å². The maximum atomic E-state index is 12.7. The lowest BCUT2D eigenvalue weighted by atomic mass is 10.1. The summed E-state index contributed by atoms with van der Waals surface area (Å²) in [5, 5.41) is 13.3. The summed E-state index contributed by atoms with van der Waals surface area (Å²) in [6.45, 7) is 7.43. The number of hydrogen-bond acceptors (Lipinski definition) is 5. The minimum Gasteiger partial charge on any atom is -0.445 e. The van der Waals surface area contributed by atoms with Gasteiger partial charge in [0.2, 0.25) is 0 Å². The maximum Gasteiger partial charge on any atom is 0.410 e. The van der Waals surface area contributed by atoms with Gasteiger partial charge in [-0.15, -0.1) is 0 Å². The Morgan fingerprint density at radius 3 is 2.16 bits per heavy atom. The highest BCUT2D eigenvalue weighted by Gasteiger charge is 2.26. The molecule has 0 heterocycles. The van der Waals surface area contributed by atoms with E-state index in [4.69, 9.17) is 9.47 Å². The Morgan fingerprint density at radius 2 is 1.58 bits per heavy atom. The number of carbonyl (C=O) groups excluding carboxylic acids is 2. The van der Waals surface area contributed by atoms with Gasteiger partial charge in [-0.25, -0.2) is 9.59 Å². The molecule has 0 spiro atoms. The molecule has 0 aromatic heterocycles. The Labute approximate surface area is 184 Å². The fourth-order valence-corrected chi connectivity index (χ4v) is 2.88. The molecule has 0 bridgehead atoms. The highest BCUT2D eigenvalue weighted by atomic mass is 16.6. The van der Waals surface area contributed by atoms with Crippen molar-refractivity contribution < 1.29 is 24.2 Å². The van der Waals surface area contributed by atoms with Gasteiger partial charge >= 0.3 is 12.2 Å². The van der Waals surface area contributed by atoms with Crippen molar-refractivity contribution in [2.45, 2.75) is 52.0 Å². The fraction of sp³-hybridized carbons (Fsp3) is 0.417. The number of aliphatic hydroxyl groups is 1. The molecule has 31 heavy (non-hydrogen) atoms. The molecule has 0 unspecified atom stereocenters. The number of nitrogens with one attached hydrogen (secondary N) is 1. The van der Waals surface area contributed by atoms with Crippen molar-refractivity contribution in [2.75, 3.05) is 13.1 Å². The summed E-state index contributed by atoms with van der Waals surface area (Å²) in [4.78, 5) is 26.2. The standard InChI is InChI=1S/C24H32N2O5/c1-18(25-22(28)30-17-19-11-7-5-8-12-19)15-26(23(29)31-24(2,3)4)16-21(27)20-13-9-6-10-14-20/h5-14,18,21,27H,15-17H2,1-4H3,(H,25,28)/t18-,21-/m1/s1. The number of aliphatic hydroxyl groups excluding tert-OH is 1. The molecule has 2 aromatic carbocycles. The summed E-state index contributed by atoms with van der Waals surface area (Å²) in [7, 11) is 0. The van der Waals surface area contributed by atoms with E-state index < -0.39 is 29.9 Å². The molecular weight excluding hydrogens is 396 g/mol. The number of rotatable bonds is 8. The van der Waals surface area contributed by atoms with Crippen LogP contribution in [0.2, 0.25) is 0 Å². The number of amides is 2. The molecule has 7 heteroatoms. The quantitative estimate of drug-likeness (QED) is 0.655. The third kappa shape index (κ3) is 9.09. The number of ether oxygens (including phenoxy) is 2. The zero-order chi connectivity index (χ0) is 22.9. The third-order valence-electron chi connectivity index (χ3n) is 4.30. The predicted octanol–water partition coefficient (Wildman–Crippen LogP) is 4.27. The number of nitrogens with zero attached hydrogens (tertiary/aromatic N) is 1. The normalized spacial score (nSPS) is 13.1. The second kappa shape index (κ2) is 11.4. The molecule has 0 saturated carbocycles. The average molecular weight is 429 g/mol. The van der Waals surface area contributed by atoms with E-state index in [1.54, 1.807) is 39.8 Å². The molecule has 0 aliphatic heterocycles. The van der Waals surface area contributed by atoms with Crippen LogP contribution < -0.4 is 5.32 Å². The second-order valence-corrected chi connectivity index (χ2v) is 8.42. The highest BCUT2D eigenvalue weighted by Crippen LogP contribution is 2.17. The Kier molecular flexibility index (Phi) is 8.88. The lowest BCUT2D eigenvalue weighted by Gasteiger charge is -2.31. The summed E-state index contributed by atoms with van der Waals surface area (Å²) in [5.41, 5.74) is 0.892. The maximum absolute atomic E-state index is 12.7. The van der Waals surface area contributed by atoms with Crippen molar-refractivity contribution in [3.63, 3.8) is 0 Å². The van der Waals surface area contributed by atoms with Crippen LogP contribution in [0.25, 0.3) is 0 Å². The van der Waals surface area contributed by atoms with Crippen molar-refractivity contribution >= 4 is 12.2 Å². The first-order valence-corrected chi connectivity index (χ1v) is 10.3. The van der Waals surface area contributed by atoms with Crippen LogP contribution in [0.3, 0.4) is 0 Å².